The minimum Gasteiger partial charge on any atom is -0.381 e. The number of ether oxygens (including phenoxy) is 1. The summed E-state index contributed by atoms with van der Waals surface area (Å²) >= 11 is 0. The lowest BCUT2D eigenvalue weighted by molar-refractivity contribution is -0.0318. The molecule has 0 saturated carbocycles. The van der Waals surface area contributed by atoms with Gasteiger partial charge in [0.05, 0.1) is 31.4 Å². The molecule has 4 rings (SSSR count). The van der Waals surface area contributed by atoms with Crippen molar-refractivity contribution in [2.24, 2.45) is 5.92 Å². The number of aromatic nitrogens is 1. The van der Waals surface area contributed by atoms with Gasteiger partial charge in [-0.05, 0) is 69.9 Å². The number of nitriles is 1. The summed E-state index contributed by atoms with van der Waals surface area (Å²) in [7, 11) is 0. The molecule has 2 unspecified atom stereocenters. The van der Waals surface area contributed by atoms with Gasteiger partial charge in [-0.25, -0.2) is 0 Å². The van der Waals surface area contributed by atoms with E-state index in [1.165, 1.54) is 12.8 Å². The van der Waals surface area contributed by atoms with Crippen molar-refractivity contribution in [3.05, 3.63) is 52.8 Å². The molecule has 2 fully saturated rings. The van der Waals surface area contributed by atoms with E-state index in [-0.39, 0.29) is 5.78 Å². The van der Waals surface area contributed by atoms with Crippen molar-refractivity contribution in [1.29, 1.82) is 5.26 Å². The van der Waals surface area contributed by atoms with Gasteiger partial charge in [-0.1, -0.05) is 6.92 Å². The number of likely N-dealkylation sites (tertiary alicyclic amines) is 1. The Morgan fingerprint density at radius 3 is 2.57 bits per heavy atom. The first-order chi connectivity index (χ1) is 14.5. The first kappa shape index (κ1) is 20.8. The molecule has 0 radical (unpaired) electrons. The number of hydrogen-bond donors (Lipinski definition) is 0. The minimum absolute atomic E-state index is 0.207. The summed E-state index contributed by atoms with van der Waals surface area (Å²) in [6, 6.07) is 12.9. The van der Waals surface area contributed by atoms with Crippen LogP contribution in [0.5, 0.6) is 0 Å². The van der Waals surface area contributed by atoms with Crippen molar-refractivity contribution in [3.8, 4) is 11.8 Å². The summed E-state index contributed by atoms with van der Waals surface area (Å²) in [5.74, 6) is 0.709. The Balaban J connectivity index is 1.66. The standard InChI is InChI=1S/C25H31N3O2/c1-4-21-8-5-17(2)27(21)14-25(29)24-12-23(11-20-15-30-16-20)28(18(24)3)22-9-6-19(13-26)7-10-22/h6-7,9-10,12,17,20-21H,4-5,8,11,14-16H2,1-3H3. The van der Waals surface area contributed by atoms with Crippen molar-refractivity contribution in [1.82, 2.24) is 9.47 Å². The first-order valence-electron chi connectivity index (χ1n) is 11.1. The Bertz CT molecular complexity index is 950. The molecule has 0 bridgehead atoms. The maximum absolute atomic E-state index is 13.4. The largest absolute Gasteiger partial charge is 0.381 e. The SMILES string of the molecule is CCC1CCC(C)N1CC(=O)c1cc(CC2COC2)n(-c2ccc(C#N)cc2)c1C. The fourth-order valence-corrected chi connectivity index (χ4v) is 4.95. The Hall–Kier alpha value is -2.42. The van der Waals surface area contributed by atoms with Gasteiger partial charge in [0.2, 0.25) is 0 Å². The molecule has 5 heteroatoms. The number of carbonyl (C=O) groups is 1. The van der Waals surface area contributed by atoms with E-state index < -0.39 is 0 Å². The number of ketones is 1. The highest BCUT2D eigenvalue weighted by molar-refractivity contribution is 5.99. The highest BCUT2D eigenvalue weighted by atomic mass is 16.5. The highest BCUT2D eigenvalue weighted by Gasteiger charge is 2.32. The Morgan fingerprint density at radius 2 is 1.97 bits per heavy atom. The number of carbonyl (C=O) groups excluding carboxylic acids is 1. The van der Waals surface area contributed by atoms with Crippen molar-refractivity contribution in [2.75, 3.05) is 19.8 Å². The summed E-state index contributed by atoms with van der Waals surface area (Å²) < 4.78 is 7.57. The van der Waals surface area contributed by atoms with Crippen LogP contribution in [0.25, 0.3) is 5.69 Å². The van der Waals surface area contributed by atoms with E-state index in [2.05, 4.69) is 35.5 Å². The molecular weight excluding hydrogens is 374 g/mol. The molecule has 1 aromatic carbocycles. The molecule has 1 aromatic heterocycles. The highest BCUT2D eigenvalue weighted by Crippen LogP contribution is 2.29. The molecule has 0 amide bonds. The molecule has 0 spiro atoms. The first-order valence-corrected chi connectivity index (χ1v) is 11.1. The third-order valence-corrected chi connectivity index (χ3v) is 6.83. The van der Waals surface area contributed by atoms with E-state index in [4.69, 9.17) is 10.00 Å². The predicted molar refractivity (Wildman–Crippen MR) is 117 cm³/mol. The summed E-state index contributed by atoms with van der Waals surface area (Å²) in [4.78, 5) is 15.8. The quantitative estimate of drug-likeness (QED) is 0.645. The zero-order valence-electron chi connectivity index (χ0n) is 18.2. The average molecular weight is 406 g/mol. The topological polar surface area (TPSA) is 58.3 Å². The van der Waals surface area contributed by atoms with Crippen LogP contribution >= 0.6 is 0 Å². The fraction of sp³-hybridized carbons (Fsp3) is 0.520. The van der Waals surface area contributed by atoms with Crippen LogP contribution in [0.3, 0.4) is 0 Å². The van der Waals surface area contributed by atoms with Crippen molar-refractivity contribution >= 4 is 5.78 Å². The monoisotopic (exact) mass is 405 g/mol. The van der Waals surface area contributed by atoms with Gasteiger partial charge in [-0.3, -0.25) is 9.69 Å². The van der Waals surface area contributed by atoms with Crippen LogP contribution in [-0.4, -0.2) is 47.1 Å². The van der Waals surface area contributed by atoms with Gasteiger partial charge >= 0.3 is 0 Å². The van der Waals surface area contributed by atoms with Crippen molar-refractivity contribution in [2.45, 2.75) is 58.5 Å². The molecule has 2 aromatic rings. The summed E-state index contributed by atoms with van der Waals surface area (Å²) in [6.45, 7) is 8.54. The van der Waals surface area contributed by atoms with Crippen LogP contribution in [-0.2, 0) is 11.2 Å². The molecule has 2 aliphatic heterocycles. The van der Waals surface area contributed by atoms with E-state index in [0.717, 1.165) is 48.7 Å². The number of hydrogen-bond acceptors (Lipinski definition) is 4. The minimum atomic E-state index is 0.207. The molecule has 2 aliphatic rings. The molecule has 2 saturated heterocycles. The van der Waals surface area contributed by atoms with Gasteiger partial charge in [-0.15, -0.1) is 0 Å². The smallest absolute Gasteiger partial charge is 0.178 e. The molecule has 2 atom stereocenters. The zero-order valence-corrected chi connectivity index (χ0v) is 18.2. The molecule has 30 heavy (non-hydrogen) atoms. The van der Waals surface area contributed by atoms with Crippen molar-refractivity contribution in [3.63, 3.8) is 0 Å². The second-order valence-corrected chi connectivity index (χ2v) is 8.82. The van der Waals surface area contributed by atoms with E-state index in [0.29, 0.717) is 30.1 Å². The van der Waals surface area contributed by atoms with Gasteiger partial charge in [0.25, 0.3) is 0 Å². The van der Waals surface area contributed by atoms with Crippen molar-refractivity contribution < 1.29 is 9.53 Å². The molecule has 0 aliphatic carbocycles. The third kappa shape index (κ3) is 3.95. The number of benzene rings is 1. The number of nitrogens with zero attached hydrogens (tertiary/aromatic N) is 3. The lowest BCUT2D eigenvalue weighted by Crippen LogP contribution is -2.38. The number of Topliss-reactive ketones (excluding diaryl/α,β-unsaturated/α-hetero) is 1. The number of rotatable bonds is 7. The van der Waals surface area contributed by atoms with E-state index in [1.807, 2.05) is 31.2 Å². The summed E-state index contributed by atoms with van der Waals surface area (Å²) in [6.07, 6.45) is 4.34. The maximum atomic E-state index is 13.4. The van der Waals surface area contributed by atoms with Crippen LogP contribution in [0.2, 0.25) is 0 Å². The Labute approximate surface area is 179 Å². The van der Waals surface area contributed by atoms with E-state index >= 15 is 0 Å². The normalized spacial score (nSPS) is 22.1. The van der Waals surface area contributed by atoms with E-state index in [9.17, 15) is 4.79 Å². The molecule has 158 valence electrons. The van der Waals surface area contributed by atoms with Gasteiger partial charge in [0, 0.05) is 40.6 Å². The molecular formula is C25H31N3O2. The lowest BCUT2D eigenvalue weighted by atomic mass is 10.0. The van der Waals surface area contributed by atoms with E-state index in [1.54, 1.807) is 0 Å². The van der Waals surface area contributed by atoms with Gasteiger partial charge < -0.3 is 9.30 Å². The molecule has 0 N–H and O–H groups in total. The zero-order chi connectivity index (χ0) is 21.3. The van der Waals surface area contributed by atoms with Crippen LogP contribution in [0.1, 0.15) is 60.4 Å². The maximum Gasteiger partial charge on any atom is 0.178 e. The van der Waals surface area contributed by atoms with Crippen LogP contribution in [0.4, 0.5) is 0 Å². The molecule has 5 nitrogen and oxygen atoms in total. The molecule has 3 heterocycles. The predicted octanol–water partition coefficient (Wildman–Crippen LogP) is 4.29. The summed E-state index contributed by atoms with van der Waals surface area (Å²) in [5.41, 5.74) is 4.60. The average Bonchev–Trinajstić information content (AvgIpc) is 3.24. The summed E-state index contributed by atoms with van der Waals surface area (Å²) in [5, 5.41) is 9.12. The Kier molecular flexibility index (Phi) is 6.08. The third-order valence-electron chi connectivity index (χ3n) is 6.83. The van der Waals surface area contributed by atoms with Gasteiger partial charge in [0.1, 0.15) is 0 Å². The van der Waals surface area contributed by atoms with Crippen LogP contribution in [0.15, 0.2) is 30.3 Å². The fourth-order valence-electron chi connectivity index (χ4n) is 4.95. The lowest BCUT2D eigenvalue weighted by Gasteiger charge is -2.26. The second kappa shape index (κ2) is 8.75. The van der Waals surface area contributed by atoms with Gasteiger partial charge in [0.15, 0.2) is 5.78 Å². The Morgan fingerprint density at radius 1 is 1.23 bits per heavy atom. The van der Waals surface area contributed by atoms with Crippen LogP contribution < -0.4 is 0 Å². The van der Waals surface area contributed by atoms with Crippen LogP contribution in [0, 0.1) is 24.2 Å². The second-order valence-electron chi connectivity index (χ2n) is 8.82. The van der Waals surface area contributed by atoms with Gasteiger partial charge in [-0.2, -0.15) is 5.26 Å².